The van der Waals surface area contributed by atoms with E-state index in [1.165, 1.54) is 96.3 Å². The van der Waals surface area contributed by atoms with E-state index in [1.54, 1.807) is 0 Å². The van der Waals surface area contributed by atoms with Crippen molar-refractivity contribution in [2.75, 3.05) is 13.2 Å². The Balaban J connectivity index is 4.26. The maximum Gasteiger partial charge on any atom is 0.306 e. The summed E-state index contributed by atoms with van der Waals surface area (Å²) in [5.74, 6) is -0.912. The van der Waals surface area contributed by atoms with Gasteiger partial charge in [-0.05, 0) is 109 Å². The lowest BCUT2D eigenvalue weighted by Gasteiger charge is -2.18. The molecule has 0 rings (SSSR count). The highest BCUT2D eigenvalue weighted by atomic mass is 16.6. The molecule has 438 valence electrons. The standard InChI is InChI=1S/C71H118O6/c1-4-7-10-13-16-19-22-24-26-28-29-30-31-32-33-34-35-36-37-38-39-40-41-42-43-44-46-47-49-52-55-58-61-64-70(73)76-67-68(66-75-69(72)63-60-57-54-51-21-18-15-12-9-6-3)77-71(74)65-62-59-56-53-50-48-45-27-25-23-20-17-14-11-8-5-2/h7,10,12,15-16,19,24,26,29-30,32-33,35-36,38-39,41-42,44,46,68H,4-6,8-9,11,13-14,17-18,20-23,25,27-28,31,34,37,40,43,45,47-67H2,1-3H3/b10-7-,15-12-,19-16-,26-24-,30-29-,33-32-,36-35-,39-38-,42-41-,46-44-. The summed E-state index contributed by atoms with van der Waals surface area (Å²) in [6, 6.07) is 0. The lowest BCUT2D eigenvalue weighted by atomic mass is 10.0. The number of ether oxygens (including phenoxy) is 3. The van der Waals surface area contributed by atoms with Gasteiger partial charge in [-0.25, -0.2) is 0 Å². The molecule has 0 aromatic carbocycles. The molecule has 0 N–H and O–H groups in total. The van der Waals surface area contributed by atoms with Gasteiger partial charge in [-0.2, -0.15) is 0 Å². The molecular weight excluding hydrogens is 949 g/mol. The number of unbranched alkanes of at least 4 members (excludes halogenated alkanes) is 26. The Morgan fingerprint density at radius 1 is 0.273 bits per heavy atom. The van der Waals surface area contributed by atoms with Gasteiger partial charge in [0.15, 0.2) is 6.10 Å². The molecule has 77 heavy (non-hydrogen) atoms. The molecule has 6 heteroatoms. The van der Waals surface area contributed by atoms with Gasteiger partial charge in [0.25, 0.3) is 0 Å². The van der Waals surface area contributed by atoms with Gasteiger partial charge in [0.05, 0.1) is 0 Å². The fourth-order valence-electron chi connectivity index (χ4n) is 8.67. The molecule has 0 aliphatic carbocycles. The molecule has 0 aromatic heterocycles. The van der Waals surface area contributed by atoms with Crippen LogP contribution in [0.4, 0.5) is 0 Å². The van der Waals surface area contributed by atoms with E-state index in [9.17, 15) is 14.4 Å². The zero-order chi connectivity index (χ0) is 55.7. The van der Waals surface area contributed by atoms with Crippen LogP contribution in [0.5, 0.6) is 0 Å². The van der Waals surface area contributed by atoms with Crippen LogP contribution in [-0.2, 0) is 28.6 Å². The Labute approximate surface area is 475 Å². The van der Waals surface area contributed by atoms with Gasteiger partial charge in [-0.1, -0.05) is 284 Å². The summed E-state index contributed by atoms with van der Waals surface area (Å²) in [5.41, 5.74) is 0. The van der Waals surface area contributed by atoms with Gasteiger partial charge < -0.3 is 14.2 Å². The molecule has 1 atom stereocenters. The number of hydrogen-bond acceptors (Lipinski definition) is 6. The van der Waals surface area contributed by atoms with Gasteiger partial charge >= 0.3 is 17.9 Å². The third kappa shape index (κ3) is 62.5. The van der Waals surface area contributed by atoms with E-state index >= 15 is 0 Å². The summed E-state index contributed by atoms with van der Waals surface area (Å²) in [7, 11) is 0. The van der Waals surface area contributed by atoms with Gasteiger partial charge in [-0.15, -0.1) is 0 Å². The van der Waals surface area contributed by atoms with Crippen molar-refractivity contribution < 1.29 is 28.6 Å². The van der Waals surface area contributed by atoms with Crippen LogP contribution < -0.4 is 0 Å². The van der Waals surface area contributed by atoms with Crippen molar-refractivity contribution in [1.82, 2.24) is 0 Å². The average molecular weight is 1070 g/mol. The molecule has 0 bridgehead atoms. The summed E-state index contributed by atoms with van der Waals surface area (Å²) < 4.78 is 16.9. The minimum Gasteiger partial charge on any atom is -0.462 e. The summed E-state index contributed by atoms with van der Waals surface area (Å²) in [4.78, 5) is 38.2. The highest BCUT2D eigenvalue weighted by Crippen LogP contribution is 2.16. The van der Waals surface area contributed by atoms with Crippen molar-refractivity contribution in [1.29, 1.82) is 0 Å². The molecule has 0 fully saturated rings. The van der Waals surface area contributed by atoms with Crippen LogP contribution in [0.2, 0.25) is 0 Å². The Morgan fingerprint density at radius 2 is 0.532 bits per heavy atom. The monoisotopic (exact) mass is 1070 g/mol. The smallest absolute Gasteiger partial charge is 0.306 e. The molecular formula is C71H118O6. The van der Waals surface area contributed by atoms with Crippen LogP contribution in [0.3, 0.4) is 0 Å². The predicted molar refractivity (Wildman–Crippen MR) is 334 cm³/mol. The lowest BCUT2D eigenvalue weighted by Crippen LogP contribution is -2.30. The average Bonchev–Trinajstić information content (AvgIpc) is 3.43. The lowest BCUT2D eigenvalue weighted by molar-refractivity contribution is -0.167. The zero-order valence-electron chi connectivity index (χ0n) is 50.2. The van der Waals surface area contributed by atoms with Crippen molar-refractivity contribution in [2.45, 2.75) is 297 Å². The topological polar surface area (TPSA) is 78.9 Å². The number of carbonyl (C=O) groups is 3. The predicted octanol–water partition coefficient (Wildman–Crippen LogP) is 22.0. The molecule has 0 spiro atoms. The second-order valence-corrected chi connectivity index (χ2v) is 20.9. The van der Waals surface area contributed by atoms with Gasteiger partial charge in [-0.3, -0.25) is 14.4 Å². The Hall–Kier alpha value is -4.19. The quantitative estimate of drug-likeness (QED) is 0.0261. The Morgan fingerprint density at radius 3 is 0.857 bits per heavy atom. The van der Waals surface area contributed by atoms with E-state index in [1.807, 2.05) is 0 Å². The largest absolute Gasteiger partial charge is 0.462 e. The SMILES string of the molecule is CC/C=C\C/C=C\C/C=C\C/C=C\C/C=C\C/C=C\C/C=C\C/C=C\C/C=C\CCCCCCCC(=O)OCC(COC(=O)CCCCCCC/C=C\CCC)OC(=O)CCCCCCCCCCCCCCCCCC. The molecule has 0 heterocycles. The number of allylic oxidation sites excluding steroid dienone is 20. The molecule has 0 aliphatic heterocycles. The number of rotatable bonds is 57. The summed E-state index contributed by atoms with van der Waals surface area (Å²) in [5, 5.41) is 0. The van der Waals surface area contributed by atoms with Crippen LogP contribution in [0.25, 0.3) is 0 Å². The first kappa shape index (κ1) is 72.8. The summed E-state index contributed by atoms with van der Waals surface area (Å²) in [6.07, 6.45) is 89.3. The van der Waals surface area contributed by atoms with E-state index in [0.29, 0.717) is 19.3 Å². The first-order valence-corrected chi connectivity index (χ1v) is 32.0. The van der Waals surface area contributed by atoms with Crippen molar-refractivity contribution in [3.8, 4) is 0 Å². The highest BCUT2D eigenvalue weighted by molar-refractivity contribution is 5.71. The zero-order valence-corrected chi connectivity index (χ0v) is 50.2. The van der Waals surface area contributed by atoms with Crippen LogP contribution in [0.15, 0.2) is 122 Å². The molecule has 0 radical (unpaired) electrons. The van der Waals surface area contributed by atoms with Gasteiger partial charge in [0.1, 0.15) is 13.2 Å². The molecule has 0 saturated carbocycles. The first-order chi connectivity index (χ1) is 38.0. The fourth-order valence-corrected chi connectivity index (χ4v) is 8.67. The molecule has 0 aromatic rings. The number of esters is 3. The maximum atomic E-state index is 12.9. The number of hydrogen-bond donors (Lipinski definition) is 0. The van der Waals surface area contributed by atoms with Crippen LogP contribution in [-0.4, -0.2) is 37.2 Å². The molecule has 0 aliphatic rings. The van der Waals surface area contributed by atoms with Gasteiger partial charge in [0, 0.05) is 19.3 Å². The van der Waals surface area contributed by atoms with E-state index in [4.69, 9.17) is 14.2 Å². The van der Waals surface area contributed by atoms with Crippen molar-refractivity contribution in [3.63, 3.8) is 0 Å². The minimum absolute atomic E-state index is 0.0880. The molecule has 1 unspecified atom stereocenters. The second kappa shape index (κ2) is 64.3. The van der Waals surface area contributed by atoms with E-state index in [2.05, 4.69) is 142 Å². The molecule has 0 saturated heterocycles. The van der Waals surface area contributed by atoms with Crippen LogP contribution >= 0.6 is 0 Å². The minimum atomic E-state index is -0.790. The third-order valence-electron chi connectivity index (χ3n) is 13.4. The van der Waals surface area contributed by atoms with Crippen molar-refractivity contribution in [3.05, 3.63) is 122 Å². The molecule has 6 nitrogen and oxygen atoms in total. The normalized spacial score (nSPS) is 12.9. The Bertz CT molecular complexity index is 1600. The van der Waals surface area contributed by atoms with E-state index in [0.717, 1.165) is 154 Å². The Kier molecular flexibility index (Phi) is 60.8. The van der Waals surface area contributed by atoms with Crippen molar-refractivity contribution in [2.24, 2.45) is 0 Å². The third-order valence-corrected chi connectivity index (χ3v) is 13.4. The summed E-state index contributed by atoms with van der Waals surface area (Å²) >= 11 is 0. The number of carbonyl (C=O) groups excluding carboxylic acids is 3. The highest BCUT2D eigenvalue weighted by Gasteiger charge is 2.19. The second-order valence-electron chi connectivity index (χ2n) is 20.9. The van der Waals surface area contributed by atoms with Crippen molar-refractivity contribution >= 4 is 17.9 Å². The maximum absolute atomic E-state index is 12.9. The van der Waals surface area contributed by atoms with E-state index in [-0.39, 0.29) is 31.1 Å². The fraction of sp³-hybridized carbons (Fsp3) is 0.676. The first-order valence-electron chi connectivity index (χ1n) is 32.0. The van der Waals surface area contributed by atoms with Crippen LogP contribution in [0, 0.1) is 0 Å². The summed E-state index contributed by atoms with van der Waals surface area (Å²) in [6.45, 7) is 6.45. The molecule has 0 amide bonds. The van der Waals surface area contributed by atoms with Gasteiger partial charge in [0.2, 0.25) is 0 Å². The van der Waals surface area contributed by atoms with E-state index < -0.39 is 6.10 Å². The van der Waals surface area contributed by atoms with Crippen LogP contribution in [0.1, 0.15) is 290 Å².